The van der Waals surface area contributed by atoms with E-state index < -0.39 is 20.7 Å². The lowest BCUT2D eigenvalue weighted by atomic mass is 10.2. The van der Waals surface area contributed by atoms with E-state index in [-0.39, 0.29) is 17.7 Å². The van der Waals surface area contributed by atoms with Crippen molar-refractivity contribution in [2.24, 2.45) is 0 Å². The predicted octanol–water partition coefficient (Wildman–Crippen LogP) is 1.62. The molecule has 0 saturated carbocycles. The summed E-state index contributed by atoms with van der Waals surface area (Å²) in [6, 6.07) is 4.37. The van der Waals surface area contributed by atoms with Crippen molar-refractivity contribution in [1.29, 1.82) is 0 Å². The first-order valence-electron chi connectivity index (χ1n) is 7.27. The predicted molar refractivity (Wildman–Crippen MR) is 80.9 cm³/mol. The van der Waals surface area contributed by atoms with Crippen molar-refractivity contribution in [2.75, 3.05) is 26.2 Å². The Balaban J connectivity index is 1.64. The van der Waals surface area contributed by atoms with Crippen LogP contribution in [0.15, 0.2) is 23.1 Å². The van der Waals surface area contributed by atoms with E-state index in [4.69, 9.17) is 16.3 Å². The molecule has 0 aliphatic carbocycles. The van der Waals surface area contributed by atoms with Gasteiger partial charge in [0, 0.05) is 19.1 Å². The van der Waals surface area contributed by atoms with E-state index in [9.17, 15) is 12.8 Å². The minimum absolute atomic E-state index is 0.123. The van der Waals surface area contributed by atoms with Crippen LogP contribution < -0.4 is 4.72 Å². The van der Waals surface area contributed by atoms with E-state index in [0.29, 0.717) is 19.2 Å². The number of benzene rings is 1. The number of morpholine rings is 1. The van der Waals surface area contributed by atoms with E-state index in [1.807, 2.05) is 0 Å². The van der Waals surface area contributed by atoms with Crippen LogP contribution >= 0.6 is 11.6 Å². The van der Waals surface area contributed by atoms with Gasteiger partial charge in [0.2, 0.25) is 10.0 Å². The van der Waals surface area contributed by atoms with E-state index >= 15 is 0 Å². The normalized spacial score (nSPS) is 26.1. The molecule has 2 heterocycles. The highest BCUT2D eigenvalue weighted by atomic mass is 35.5. The van der Waals surface area contributed by atoms with E-state index in [1.165, 1.54) is 18.2 Å². The molecule has 2 aliphatic heterocycles. The first kappa shape index (κ1) is 16.1. The zero-order chi connectivity index (χ0) is 15.7. The van der Waals surface area contributed by atoms with Gasteiger partial charge < -0.3 is 4.74 Å². The molecule has 2 unspecified atom stereocenters. The summed E-state index contributed by atoms with van der Waals surface area (Å²) < 4.78 is 46.3. The van der Waals surface area contributed by atoms with Gasteiger partial charge in [0.1, 0.15) is 4.90 Å². The molecule has 0 bridgehead atoms. The van der Waals surface area contributed by atoms with Crippen molar-refractivity contribution >= 4 is 21.6 Å². The summed E-state index contributed by atoms with van der Waals surface area (Å²) in [7, 11) is -3.94. The van der Waals surface area contributed by atoms with Gasteiger partial charge in [-0.25, -0.2) is 17.5 Å². The Bertz CT molecular complexity index is 655. The summed E-state index contributed by atoms with van der Waals surface area (Å²) >= 11 is 5.63. The summed E-state index contributed by atoms with van der Waals surface area (Å²) in [5.74, 6) is -0.930. The Morgan fingerprint density at radius 2 is 2.27 bits per heavy atom. The molecule has 2 atom stereocenters. The molecule has 1 N–H and O–H groups in total. The first-order chi connectivity index (χ1) is 10.5. The van der Waals surface area contributed by atoms with Crippen LogP contribution in [0.25, 0.3) is 0 Å². The number of nitrogens with zero attached hydrogens (tertiary/aromatic N) is 1. The van der Waals surface area contributed by atoms with Crippen LogP contribution in [0.4, 0.5) is 4.39 Å². The monoisotopic (exact) mass is 348 g/mol. The number of halogens is 2. The molecule has 0 spiro atoms. The topological polar surface area (TPSA) is 58.6 Å². The maximum absolute atomic E-state index is 13.8. The molecule has 5 nitrogen and oxygen atoms in total. The first-order valence-corrected chi connectivity index (χ1v) is 9.13. The third-order valence-corrected chi connectivity index (χ3v) is 5.90. The summed E-state index contributed by atoms with van der Waals surface area (Å²) in [4.78, 5) is 1.89. The SMILES string of the molecule is O=S(=O)(NCC1CN2CCCC2CO1)c1cccc(Cl)c1F. The van der Waals surface area contributed by atoms with Crippen molar-refractivity contribution in [1.82, 2.24) is 9.62 Å². The average Bonchev–Trinajstić information content (AvgIpc) is 2.95. The molecule has 0 radical (unpaired) electrons. The van der Waals surface area contributed by atoms with Crippen molar-refractivity contribution < 1.29 is 17.5 Å². The van der Waals surface area contributed by atoms with Gasteiger partial charge in [0.05, 0.1) is 17.7 Å². The summed E-state index contributed by atoms with van der Waals surface area (Å²) in [5, 5.41) is -0.211. The smallest absolute Gasteiger partial charge is 0.243 e. The Kier molecular flexibility index (Phi) is 4.70. The molecule has 3 rings (SSSR count). The fourth-order valence-electron chi connectivity index (χ4n) is 2.98. The zero-order valence-corrected chi connectivity index (χ0v) is 13.5. The molecule has 22 heavy (non-hydrogen) atoms. The largest absolute Gasteiger partial charge is 0.374 e. The molecule has 1 aromatic rings. The van der Waals surface area contributed by atoms with Gasteiger partial charge in [0.15, 0.2) is 5.82 Å². The van der Waals surface area contributed by atoms with Crippen LogP contribution in [0.3, 0.4) is 0 Å². The lowest BCUT2D eigenvalue weighted by Crippen LogP contribution is -2.50. The lowest BCUT2D eigenvalue weighted by molar-refractivity contribution is -0.0449. The van der Waals surface area contributed by atoms with Gasteiger partial charge >= 0.3 is 0 Å². The number of fused-ring (bicyclic) bond motifs is 1. The van der Waals surface area contributed by atoms with E-state index in [2.05, 4.69) is 9.62 Å². The summed E-state index contributed by atoms with van der Waals surface area (Å²) in [6.07, 6.45) is 2.07. The van der Waals surface area contributed by atoms with Crippen molar-refractivity contribution in [3.8, 4) is 0 Å². The van der Waals surface area contributed by atoms with Crippen molar-refractivity contribution in [3.05, 3.63) is 29.0 Å². The number of hydrogen-bond acceptors (Lipinski definition) is 4. The van der Waals surface area contributed by atoms with E-state index in [0.717, 1.165) is 19.4 Å². The molecular weight excluding hydrogens is 331 g/mol. The van der Waals surface area contributed by atoms with Crippen LogP contribution in [0, 0.1) is 5.82 Å². The molecule has 0 aromatic heterocycles. The van der Waals surface area contributed by atoms with Crippen LogP contribution in [0.1, 0.15) is 12.8 Å². The summed E-state index contributed by atoms with van der Waals surface area (Å²) in [5.41, 5.74) is 0. The molecule has 2 saturated heterocycles. The van der Waals surface area contributed by atoms with Gasteiger partial charge in [-0.2, -0.15) is 0 Å². The molecule has 2 aliphatic rings. The number of nitrogens with one attached hydrogen (secondary N) is 1. The van der Waals surface area contributed by atoms with E-state index in [1.54, 1.807) is 0 Å². The fourth-order valence-corrected chi connectivity index (χ4v) is 4.38. The van der Waals surface area contributed by atoms with Crippen LogP contribution in [-0.2, 0) is 14.8 Å². The Labute approximate surface area is 134 Å². The molecule has 0 amide bonds. The standard InChI is InChI=1S/C14H18ClFN2O3S/c15-12-4-1-5-13(14(12)16)22(19,20)17-7-11-8-18-6-2-3-10(18)9-21-11/h1,4-5,10-11,17H,2-3,6-9H2. The van der Waals surface area contributed by atoms with Gasteiger partial charge in [-0.1, -0.05) is 17.7 Å². The molecule has 8 heteroatoms. The average molecular weight is 349 g/mol. The molecule has 122 valence electrons. The third-order valence-electron chi connectivity index (χ3n) is 4.17. The van der Waals surface area contributed by atoms with Gasteiger partial charge in [-0.15, -0.1) is 0 Å². The maximum atomic E-state index is 13.8. The summed E-state index contributed by atoms with van der Waals surface area (Å²) in [6.45, 7) is 2.47. The zero-order valence-electron chi connectivity index (χ0n) is 12.0. The number of sulfonamides is 1. The van der Waals surface area contributed by atoms with Gasteiger partial charge in [0.25, 0.3) is 0 Å². The second-order valence-corrected chi connectivity index (χ2v) is 7.79. The number of ether oxygens (including phenoxy) is 1. The molecular formula is C14H18ClFN2O3S. The maximum Gasteiger partial charge on any atom is 0.243 e. The second-order valence-electron chi connectivity index (χ2n) is 5.65. The quantitative estimate of drug-likeness (QED) is 0.898. The molecule has 2 fully saturated rings. The van der Waals surface area contributed by atoms with Crippen molar-refractivity contribution in [3.63, 3.8) is 0 Å². The van der Waals surface area contributed by atoms with Crippen LogP contribution in [0.5, 0.6) is 0 Å². The highest BCUT2D eigenvalue weighted by Crippen LogP contribution is 2.24. The number of hydrogen-bond donors (Lipinski definition) is 1. The highest BCUT2D eigenvalue weighted by molar-refractivity contribution is 7.89. The van der Waals surface area contributed by atoms with Crippen LogP contribution in [-0.4, -0.2) is 51.7 Å². The third kappa shape index (κ3) is 3.28. The minimum atomic E-state index is -3.94. The number of rotatable bonds is 4. The fraction of sp³-hybridized carbons (Fsp3) is 0.571. The Morgan fingerprint density at radius 1 is 1.45 bits per heavy atom. The highest BCUT2D eigenvalue weighted by Gasteiger charge is 2.33. The molecule has 1 aromatic carbocycles. The van der Waals surface area contributed by atoms with Gasteiger partial charge in [-0.05, 0) is 31.5 Å². The van der Waals surface area contributed by atoms with Gasteiger partial charge in [-0.3, -0.25) is 4.90 Å². The Morgan fingerprint density at radius 3 is 3.09 bits per heavy atom. The van der Waals surface area contributed by atoms with Crippen molar-refractivity contribution in [2.45, 2.75) is 29.9 Å². The second kappa shape index (κ2) is 6.41. The Hall–Kier alpha value is -0.730. The lowest BCUT2D eigenvalue weighted by Gasteiger charge is -2.35. The minimum Gasteiger partial charge on any atom is -0.374 e. The van der Waals surface area contributed by atoms with Crippen LogP contribution in [0.2, 0.25) is 5.02 Å².